The van der Waals surface area contributed by atoms with Gasteiger partial charge in [-0.15, -0.1) is 0 Å². The van der Waals surface area contributed by atoms with Crippen LogP contribution in [0.2, 0.25) is 0 Å². The van der Waals surface area contributed by atoms with Crippen molar-refractivity contribution in [3.05, 3.63) is 60.4 Å². The molecular formula is C18H20FN3O3. The van der Waals surface area contributed by atoms with Crippen LogP contribution >= 0.6 is 0 Å². The van der Waals surface area contributed by atoms with Gasteiger partial charge in [0.25, 0.3) is 5.91 Å². The lowest BCUT2D eigenvalue weighted by atomic mass is 10.1. The molecular weight excluding hydrogens is 325 g/mol. The molecule has 6 nitrogen and oxygen atoms in total. The van der Waals surface area contributed by atoms with Gasteiger partial charge in [-0.3, -0.25) is 15.6 Å². The Kier molecular flexibility index (Phi) is 6.22. The van der Waals surface area contributed by atoms with E-state index in [9.17, 15) is 9.18 Å². The fourth-order valence-corrected chi connectivity index (χ4v) is 2.05. The van der Waals surface area contributed by atoms with Crippen LogP contribution in [0.1, 0.15) is 5.56 Å². The zero-order valence-electron chi connectivity index (χ0n) is 14.1. The SMILES string of the molecule is C=C(NNC(=O)CNc1ccc(F)cc1)c1ccc(OC)cc1OC. The Bertz CT molecular complexity index is 748. The summed E-state index contributed by atoms with van der Waals surface area (Å²) in [6, 6.07) is 11.0. The summed E-state index contributed by atoms with van der Waals surface area (Å²) in [4.78, 5) is 11.9. The maximum Gasteiger partial charge on any atom is 0.257 e. The minimum Gasteiger partial charge on any atom is -0.497 e. The van der Waals surface area contributed by atoms with Crippen molar-refractivity contribution in [1.82, 2.24) is 10.9 Å². The van der Waals surface area contributed by atoms with Crippen molar-refractivity contribution in [1.29, 1.82) is 0 Å². The molecule has 25 heavy (non-hydrogen) atoms. The van der Waals surface area contributed by atoms with Crippen molar-refractivity contribution in [3.8, 4) is 11.5 Å². The number of amides is 1. The maximum atomic E-state index is 12.8. The molecule has 0 spiro atoms. The summed E-state index contributed by atoms with van der Waals surface area (Å²) in [7, 11) is 3.10. The minimum absolute atomic E-state index is 0.0195. The molecule has 0 saturated carbocycles. The number of anilines is 1. The first kappa shape index (κ1) is 18.1. The highest BCUT2D eigenvalue weighted by Crippen LogP contribution is 2.27. The number of carbonyl (C=O) groups excluding carboxylic acids is 1. The first-order valence-corrected chi connectivity index (χ1v) is 7.49. The average molecular weight is 345 g/mol. The lowest BCUT2D eigenvalue weighted by Crippen LogP contribution is -2.39. The first-order valence-electron chi connectivity index (χ1n) is 7.49. The van der Waals surface area contributed by atoms with Gasteiger partial charge in [0.15, 0.2) is 0 Å². The van der Waals surface area contributed by atoms with Gasteiger partial charge in [0, 0.05) is 17.3 Å². The standard InChI is InChI=1S/C18H20FN3O3/c1-12(16-9-8-15(24-2)10-17(16)25-3)21-22-18(23)11-20-14-6-4-13(19)5-7-14/h4-10,20-21H,1,11H2,2-3H3,(H,22,23). The molecule has 0 atom stereocenters. The van der Waals surface area contributed by atoms with E-state index in [1.165, 1.54) is 19.2 Å². The van der Waals surface area contributed by atoms with E-state index in [2.05, 4.69) is 22.7 Å². The molecule has 0 aliphatic rings. The Balaban J connectivity index is 1.86. The van der Waals surface area contributed by atoms with E-state index in [1.54, 1.807) is 37.4 Å². The second-order valence-corrected chi connectivity index (χ2v) is 5.08. The Morgan fingerprint density at radius 3 is 2.44 bits per heavy atom. The van der Waals surface area contributed by atoms with Gasteiger partial charge in [-0.25, -0.2) is 4.39 Å². The maximum absolute atomic E-state index is 12.8. The van der Waals surface area contributed by atoms with Crippen LogP contribution in [0.5, 0.6) is 11.5 Å². The third-order valence-corrected chi connectivity index (χ3v) is 3.38. The summed E-state index contributed by atoms with van der Waals surface area (Å²) in [5.74, 6) is 0.579. The molecule has 0 heterocycles. The molecule has 0 unspecified atom stereocenters. The molecule has 0 aliphatic carbocycles. The molecule has 0 aliphatic heterocycles. The van der Waals surface area contributed by atoms with Gasteiger partial charge in [0.1, 0.15) is 17.3 Å². The molecule has 2 rings (SSSR count). The number of benzene rings is 2. The molecule has 2 aromatic carbocycles. The summed E-state index contributed by atoms with van der Waals surface area (Å²) in [6.07, 6.45) is 0. The van der Waals surface area contributed by atoms with Crippen molar-refractivity contribution < 1.29 is 18.7 Å². The zero-order valence-corrected chi connectivity index (χ0v) is 14.1. The zero-order chi connectivity index (χ0) is 18.2. The van der Waals surface area contributed by atoms with E-state index in [4.69, 9.17) is 9.47 Å². The number of rotatable bonds is 8. The molecule has 2 aromatic rings. The first-order chi connectivity index (χ1) is 12.0. The molecule has 0 radical (unpaired) electrons. The monoisotopic (exact) mass is 345 g/mol. The quantitative estimate of drug-likeness (QED) is 0.642. The average Bonchev–Trinajstić information content (AvgIpc) is 2.65. The fourth-order valence-electron chi connectivity index (χ4n) is 2.05. The Hall–Kier alpha value is -3.22. The second kappa shape index (κ2) is 8.58. The second-order valence-electron chi connectivity index (χ2n) is 5.08. The van der Waals surface area contributed by atoms with E-state index in [1.807, 2.05) is 0 Å². The number of hydrogen-bond acceptors (Lipinski definition) is 5. The summed E-state index contributed by atoms with van der Waals surface area (Å²) in [5, 5.41) is 2.88. The highest BCUT2D eigenvalue weighted by Gasteiger charge is 2.09. The summed E-state index contributed by atoms with van der Waals surface area (Å²) in [5.41, 5.74) is 7.07. The number of ether oxygens (including phenoxy) is 2. The molecule has 1 amide bonds. The van der Waals surface area contributed by atoms with Crippen LogP contribution in [0.25, 0.3) is 5.70 Å². The van der Waals surface area contributed by atoms with E-state index >= 15 is 0 Å². The summed E-state index contributed by atoms with van der Waals surface area (Å²) < 4.78 is 23.3. The normalized spacial score (nSPS) is 9.88. The lowest BCUT2D eigenvalue weighted by molar-refractivity contribution is -0.120. The predicted octanol–water partition coefficient (Wildman–Crippen LogP) is 2.55. The van der Waals surface area contributed by atoms with Crippen molar-refractivity contribution in [2.24, 2.45) is 0 Å². The Morgan fingerprint density at radius 2 is 1.80 bits per heavy atom. The third kappa shape index (κ3) is 5.13. The van der Waals surface area contributed by atoms with Crippen LogP contribution in [0, 0.1) is 5.82 Å². The number of halogens is 1. The molecule has 0 bridgehead atoms. The van der Waals surface area contributed by atoms with Crippen LogP contribution in [-0.2, 0) is 4.79 Å². The highest BCUT2D eigenvalue weighted by atomic mass is 19.1. The molecule has 0 aromatic heterocycles. The third-order valence-electron chi connectivity index (χ3n) is 3.38. The number of nitrogens with one attached hydrogen (secondary N) is 3. The molecule has 7 heteroatoms. The van der Waals surface area contributed by atoms with Crippen molar-refractivity contribution in [2.75, 3.05) is 26.1 Å². The Labute approximate surface area is 145 Å². The van der Waals surface area contributed by atoms with Crippen LogP contribution in [-0.4, -0.2) is 26.7 Å². The predicted molar refractivity (Wildman–Crippen MR) is 94.7 cm³/mol. The van der Waals surface area contributed by atoms with Gasteiger partial charge in [-0.05, 0) is 36.4 Å². The van der Waals surface area contributed by atoms with Crippen LogP contribution in [0.3, 0.4) is 0 Å². The van der Waals surface area contributed by atoms with Gasteiger partial charge < -0.3 is 14.8 Å². The van der Waals surface area contributed by atoms with Crippen molar-refractivity contribution >= 4 is 17.3 Å². The lowest BCUT2D eigenvalue weighted by Gasteiger charge is -2.15. The Morgan fingerprint density at radius 1 is 1.08 bits per heavy atom. The minimum atomic E-state index is -0.332. The van der Waals surface area contributed by atoms with Crippen LogP contribution in [0.4, 0.5) is 10.1 Å². The van der Waals surface area contributed by atoms with E-state index in [-0.39, 0.29) is 18.3 Å². The fraction of sp³-hybridized carbons (Fsp3) is 0.167. The number of carbonyl (C=O) groups is 1. The van der Waals surface area contributed by atoms with Crippen molar-refractivity contribution in [3.63, 3.8) is 0 Å². The molecule has 0 fully saturated rings. The van der Waals surface area contributed by atoms with E-state index in [0.717, 1.165) is 0 Å². The van der Waals surface area contributed by atoms with E-state index < -0.39 is 0 Å². The van der Waals surface area contributed by atoms with Crippen LogP contribution < -0.4 is 25.6 Å². The largest absolute Gasteiger partial charge is 0.497 e. The van der Waals surface area contributed by atoms with Gasteiger partial charge in [-0.1, -0.05) is 6.58 Å². The summed E-state index contributed by atoms with van der Waals surface area (Å²) >= 11 is 0. The van der Waals surface area contributed by atoms with Gasteiger partial charge >= 0.3 is 0 Å². The van der Waals surface area contributed by atoms with E-state index in [0.29, 0.717) is 28.4 Å². The smallest absolute Gasteiger partial charge is 0.257 e. The molecule has 3 N–H and O–H groups in total. The number of hydrogen-bond donors (Lipinski definition) is 3. The topological polar surface area (TPSA) is 71.6 Å². The van der Waals surface area contributed by atoms with Gasteiger partial charge in [0.2, 0.25) is 0 Å². The highest BCUT2D eigenvalue weighted by molar-refractivity contribution is 5.81. The van der Waals surface area contributed by atoms with Gasteiger partial charge in [-0.2, -0.15) is 0 Å². The molecule has 0 saturated heterocycles. The molecule has 132 valence electrons. The van der Waals surface area contributed by atoms with Crippen LogP contribution in [0.15, 0.2) is 49.0 Å². The summed E-state index contributed by atoms with van der Waals surface area (Å²) in [6.45, 7) is 3.90. The van der Waals surface area contributed by atoms with Gasteiger partial charge in [0.05, 0.1) is 26.5 Å². The number of methoxy groups -OCH3 is 2. The number of hydrazine groups is 1. The van der Waals surface area contributed by atoms with Crippen molar-refractivity contribution in [2.45, 2.75) is 0 Å².